The van der Waals surface area contributed by atoms with Crippen molar-refractivity contribution in [2.45, 2.75) is 33.6 Å². The van der Waals surface area contributed by atoms with Gasteiger partial charge in [-0.2, -0.15) is 0 Å². The molecule has 1 aromatic rings. The fraction of sp³-hybridized carbons (Fsp3) is 0.600. The molecule has 0 saturated carbocycles. The summed E-state index contributed by atoms with van der Waals surface area (Å²) in [6, 6.07) is 3.79. The number of hydrogen-bond acceptors (Lipinski definition) is 3. The smallest absolute Gasteiger partial charge is 0.272 e. The number of carbonyl (C=O) groups excluding carboxylic acids is 1. The van der Waals surface area contributed by atoms with Crippen LogP contribution in [0.25, 0.3) is 0 Å². The molecule has 0 aromatic carbocycles. The maximum atomic E-state index is 12.1. The van der Waals surface area contributed by atoms with Crippen LogP contribution in [-0.4, -0.2) is 42.5 Å². The maximum absolute atomic E-state index is 12.1. The number of anilines is 1. The summed E-state index contributed by atoms with van der Waals surface area (Å²) in [7, 11) is 1.83. The molecule has 1 aromatic heterocycles. The summed E-state index contributed by atoms with van der Waals surface area (Å²) in [4.78, 5) is 20.4. The molecule has 4 nitrogen and oxygen atoms in total. The highest BCUT2D eigenvalue weighted by Gasteiger charge is 2.13. The van der Waals surface area contributed by atoms with E-state index >= 15 is 0 Å². The van der Waals surface area contributed by atoms with Crippen LogP contribution < -0.4 is 4.90 Å². The molecule has 19 heavy (non-hydrogen) atoms. The third-order valence-corrected chi connectivity index (χ3v) is 3.29. The Morgan fingerprint density at radius 3 is 2.37 bits per heavy atom. The zero-order valence-electron chi connectivity index (χ0n) is 12.5. The van der Waals surface area contributed by atoms with Gasteiger partial charge >= 0.3 is 0 Å². The van der Waals surface area contributed by atoms with Gasteiger partial charge in [0.1, 0.15) is 5.69 Å². The molecule has 0 aliphatic heterocycles. The molecule has 0 atom stereocenters. The zero-order valence-corrected chi connectivity index (χ0v) is 12.5. The number of nitrogens with zero attached hydrogens (tertiary/aromatic N) is 3. The van der Waals surface area contributed by atoms with Crippen LogP contribution in [0.2, 0.25) is 0 Å². The van der Waals surface area contributed by atoms with E-state index in [2.05, 4.69) is 30.7 Å². The lowest BCUT2D eigenvalue weighted by atomic mass is 10.2. The molecule has 0 radical (unpaired) electrons. The topological polar surface area (TPSA) is 36.4 Å². The molecule has 0 saturated heterocycles. The average Bonchev–Trinajstić information content (AvgIpc) is 2.46. The summed E-state index contributed by atoms with van der Waals surface area (Å²) < 4.78 is 0. The number of amides is 1. The molecule has 0 spiro atoms. The minimum atomic E-state index is -0.000420. The van der Waals surface area contributed by atoms with E-state index in [0.717, 1.165) is 38.2 Å². The van der Waals surface area contributed by atoms with Gasteiger partial charge in [0.15, 0.2) is 0 Å². The van der Waals surface area contributed by atoms with Crippen LogP contribution in [0.1, 0.15) is 44.1 Å². The molecule has 0 fully saturated rings. The van der Waals surface area contributed by atoms with Gasteiger partial charge in [-0.1, -0.05) is 13.3 Å². The van der Waals surface area contributed by atoms with E-state index in [4.69, 9.17) is 0 Å². The monoisotopic (exact) mass is 263 g/mol. The van der Waals surface area contributed by atoms with E-state index in [9.17, 15) is 4.79 Å². The van der Waals surface area contributed by atoms with Crippen molar-refractivity contribution in [1.29, 1.82) is 0 Å². The lowest BCUT2D eigenvalue weighted by Gasteiger charge is -2.21. The Balaban J connectivity index is 2.72. The van der Waals surface area contributed by atoms with E-state index in [1.807, 2.05) is 19.2 Å². The number of hydrogen-bond donors (Lipinski definition) is 0. The fourth-order valence-electron chi connectivity index (χ4n) is 1.98. The molecule has 1 heterocycles. The Labute approximate surface area is 116 Å². The van der Waals surface area contributed by atoms with Crippen LogP contribution in [0, 0.1) is 0 Å². The molecule has 0 N–H and O–H groups in total. The summed E-state index contributed by atoms with van der Waals surface area (Å²) in [5.74, 6) is -0.000420. The van der Waals surface area contributed by atoms with Gasteiger partial charge in [-0.15, -0.1) is 0 Å². The molecule has 0 aliphatic rings. The SMILES string of the molecule is CCCCN(C)C(=O)c1ccc(N(CC)CC)cn1. The Morgan fingerprint density at radius 2 is 1.89 bits per heavy atom. The Bertz CT molecular complexity index is 385. The first kappa shape index (κ1) is 15.5. The van der Waals surface area contributed by atoms with Gasteiger partial charge in [-0.05, 0) is 32.4 Å². The van der Waals surface area contributed by atoms with Crippen molar-refractivity contribution in [3.63, 3.8) is 0 Å². The van der Waals surface area contributed by atoms with Crippen molar-refractivity contribution in [3.05, 3.63) is 24.0 Å². The largest absolute Gasteiger partial charge is 0.371 e. The van der Waals surface area contributed by atoms with Gasteiger partial charge in [-0.25, -0.2) is 4.98 Å². The number of rotatable bonds is 7. The minimum Gasteiger partial charge on any atom is -0.371 e. The number of unbranched alkanes of at least 4 members (excludes halogenated alkanes) is 1. The zero-order chi connectivity index (χ0) is 14.3. The first-order valence-corrected chi connectivity index (χ1v) is 7.10. The van der Waals surface area contributed by atoms with Gasteiger partial charge in [0.2, 0.25) is 0 Å². The van der Waals surface area contributed by atoms with Crippen LogP contribution in [-0.2, 0) is 0 Å². The summed E-state index contributed by atoms with van der Waals surface area (Å²) in [6.45, 7) is 9.02. The van der Waals surface area contributed by atoms with Gasteiger partial charge in [-0.3, -0.25) is 4.79 Å². The Kier molecular flexibility index (Phi) is 6.33. The van der Waals surface area contributed by atoms with Crippen molar-refractivity contribution >= 4 is 11.6 Å². The second kappa shape index (κ2) is 7.77. The van der Waals surface area contributed by atoms with Gasteiger partial charge < -0.3 is 9.80 Å². The number of carbonyl (C=O) groups is 1. The summed E-state index contributed by atoms with van der Waals surface area (Å²) in [5.41, 5.74) is 1.59. The highest BCUT2D eigenvalue weighted by Crippen LogP contribution is 2.13. The number of aromatic nitrogens is 1. The van der Waals surface area contributed by atoms with Crippen molar-refractivity contribution < 1.29 is 4.79 Å². The van der Waals surface area contributed by atoms with E-state index in [1.165, 1.54) is 0 Å². The lowest BCUT2D eigenvalue weighted by molar-refractivity contribution is 0.0787. The normalized spacial score (nSPS) is 10.3. The molecule has 0 bridgehead atoms. The Morgan fingerprint density at radius 1 is 1.21 bits per heavy atom. The molecular weight excluding hydrogens is 238 g/mol. The van der Waals surface area contributed by atoms with Crippen molar-refractivity contribution in [2.24, 2.45) is 0 Å². The highest BCUT2D eigenvalue weighted by molar-refractivity contribution is 5.92. The molecule has 4 heteroatoms. The predicted octanol–water partition coefficient (Wildman–Crippen LogP) is 2.80. The average molecular weight is 263 g/mol. The van der Waals surface area contributed by atoms with Crippen LogP contribution >= 0.6 is 0 Å². The second-order valence-electron chi connectivity index (χ2n) is 4.65. The molecule has 0 aliphatic carbocycles. The van der Waals surface area contributed by atoms with Crippen LogP contribution in [0.3, 0.4) is 0 Å². The molecule has 1 amide bonds. The molecule has 1 rings (SSSR count). The minimum absolute atomic E-state index is 0.000420. The van der Waals surface area contributed by atoms with Crippen molar-refractivity contribution in [2.75, 3.05) is 31.6 Å². The summed E-state index contributed by atoms with van der Waals surface area (Å²) in [5, 5.41) is 0. The third-order valence-electron chi connectivity index (χ3n) is 3.29. The van der Waals surface area contributed by atoms with Gasteiger partial charge in [0.05, 0.1) is 11.9 Å². The first-order chi connectivity index (χ1) is 9.13. The first-order valence-electron chi connectivity index (χ1n) is 7.10. The standard InChI is InChI=1S/C15H25N3O/c1-5-8-11-17(4)15(19)14-10-9-13(12-16-14)18(6-2)7-3/h9-10,12H,5-8,11H2,1-4H3. The molecular formula is C15H25N3O. The quantitative estimate of drug-likeness (QED) is 0.759. The molecule has 106 valence electrons. The highest BCUT2D eigenvalue weighted by atomic mass is 16.2. The maximum Gasteiger partial charge on any atom is 0.272 e. The van der Waals surface area contributed by atoms with E-state index in [-0.39, 0.29) is 5.91 Å². The predicted molar refractivity (Wildman–Crippen MR) is 79.7 cm³/mol. The fourth-order valence-corrected chi connectivity index (χ4v) is 1.98. The van der Waals surface area contributed by atoms with Crippen molar-refractivity contribution in [1.82, 2.24) is 9.88 Å². The summed E-state index contributed by atoms with van der Waals surface area (Å²) >= 11 is 0. The van der Waals surface area contributed by atoms with Gasteiger partial charge in [0, 0.05) is 26.7 Å². The summed E-state index contributed by atoms with van der Waals surface area (Å²) in [6.07, 6.45) is 3.90. The van der Waals surface area contributed by atoms with Crippen LogP contribution in [0.4, 0.5) is 5.69 Å². The van der Waals surface area contributed by atoms with E-state index < -0.39 is 0 Å². The second-order valence-corrected chi connectivity index (χ2v) is 4.65. The van der Waals surface area contributed by atoms with E-state index in [1.54, 1.807) is 11.1 Å². The van der Waals surface area contributed by atoms with E-state index in [0.29, 0.717) is 5.69 Å². The Hall–Kier alpha value is -1.58. The lowest BCUT2D eigenvalue weighted by Crippen LogP contribution is -2.28. The van der Waals surface area contributed by atoms with Crippen LogP contribution in [0.15, 0.2) is 18.3 Å². The molecule has 0 unspecified atom stereocenters. The van der Waals surface area contributed by atoms with Crippen LogP contribution in [0.5, 0.6) is 0 Å². The number of pyridine rings is 1. The third kappa shape index (κ3) is 4.23. The van der Waals surface area contributed by atoms with Gasteiger partial charge in [0.25, 0.3) is 5.91 Å². The van der Waals surface area contributed by atoms with Crippen molar-refractivity contribution in [3.8, 4) is 0 Å².